The second-order valence-corrected chi connectivity index (χ2v) is 9.84. The third-order valence-electron chi connectivity index (χ3n) is 5.88. The van der Waals surface area contributed by atoms with Crippen LogP contribution >= 0.6 is 23.2 Å². The number of carbonyl (C=O) groups is 4. The number of rotatable bonds is 10. The van der Waals surface area contributed by atoms with E-state index in [1.54, 1.807) is 24.3 Å². The van der Waals surface area contributed by atoms with Crippen LogP contribution in [-0.4, -0.2) is 41.1 Å². The molecule has 4 aromatic carbocycles. The molecule has 0 saturated heterocycles. The minimum Gasteiger partial charge on any atom is -0.478 e. The van der Waals surface area contributed by atoms with E-state index in [0.717, 1.165) is 5.56 Å². The molecule has 0 fully saturated rings. The van der Waals surface area contributed by atoms with Gasteiger partial charge in [-0.25, -0.2) is 14.4 Å². The third-order valence-corrected chi connectivity index (χ3v) is 6.54. The smallest absolute Gasteiger partial charge is 0.349 e. The Morgan fingerprint density at radius 2 is 1.12 bits per heavy atom. The number of nitrogens with zero attached hydrogens (tertiary/aromatic N) is 2. The topological polar surface area (TPSA) is 144 Å². The quantitative estimate of drug-likeness (QED) is 0.141. The largest absolute Gasteiger partial charge is 0.478 e. The molecule has 12 heteroatoms. The number of carboxylic acids is 1. The van der Waals surface area contributed by atoms with E-state index in [2.05, 4.69) is 15.5 Å². The molecule has 10 nitrogen and oxygen atoms in total. The first-order valence-electron chi connectivity index (χ1n) is 12.7. The second kappa shape index (κ2) is 14.2. The van der Waals surface area contributed by atoms with Gasteiger partial charge in [-0.15, -0.1) is 0 Å². The van der Waals surface area contributed by atoms with Crippen molar-refractivity contribution in [1.29, 1.82) is 0 Å². The fraction of sp³-hybridized carbons (Fsp3) is 0.0968. The lowest BCUT2D eigenvalue weighted by atomic mass is 10.1. The van der Waals surface area contributed by atoms with Crippen LogP contribution in [0.5, 0.6) is 0 Å². The Balaban J connectivity index is 1.57. The summed E-state index contributed by atoms with van der Waals surface area (Å²) in [7, 11) is 0. The fourth-order valence-corrected chi connectivity index (χ4v) is 4.08. The maximum Gasteiger partial charge on any atom is 0.349 e. The van der Waals surface area contributed by atoms with Crippen molar-refractivity contribution >= 4 is 64.1 Å². The summed E-state index contributed by atoms with van der Waals surface area (Å²) in [4.78, 5) is 51.4. The monoisotopic (exact) mass is 619 g/mol. The van der Waals surface area contributed by atoms with Crippen molar-refractivity contribution in [3.8, 4) is 0 Å². The number of ether oxygens (including phenoxy) is 2. The van der Waals surface area contributed by atoms with Crippen molar-refractivity contribution in [2.45, 2.75) is 19.1 Å². The molecule has 4 rings (SSSR count). The molecule has 0 aliphatic carbocycles. The Labute approximate surface area is 255 Å². The maximum atomic E-state index is 13.4. The molecule has 0 radical (unpaired) electrons. The van der Waals surface area contributed by atoms with Crippen LogP contribution in [0.15, 0.2) is 107 Å². The average molecular weight is 620 g/mol. The van der Waals surface area contributed by atoms with Gasteiger partial charge in [0.25, 0.3) is 5.91 Å². The fourth-order valence-electron chi connectivity index (χ4n) is 3.66. The van der Waals surface area contributed by atoms with E-state index in [-0.39, 0.29) is 26.9 Å². The first-order valence-corrected chi connectivity index (χ1v) is 13.4. The summed E-state index contributed by atoms with van der Waals surface area (Å²) in [6.07, 6.45) is -4.38. The van der Waals surface area contributed by atoms with Crippen LogP contribution < -0.4 is 5.32 Å². The molecule has 218 valence electrons. The molecular formula is C31H23Cl2N3O7. The van der Waals surface area contributed by atoms with Crippen molar-refractivity contribution in [1.82, 2.24) is 0 Å². The number of aryl methyl sites for hydroxylation is 1. The number of aliphatic carboxylic acids is 1. The second-order valence-electron chi connectivity index (χ2n) is 9.02. The molecular weight excluding hydrogens is 597 g/mol. The molecule has 4 aromatic rings. The van der Waals surface area contributed by atoms with Gasteiger partial charge in [0, 0.05) is 5.69 Å². The van der Waals surface area contributed by atoms with Crippen LogP contribution in [0.4, 0.5) is 17.1 Å². The predicted molar refractivity (Wildman–Crippen MR) is 159 cm³/mol. The summed E-state index contributed by atoms with van der Waals surface area (Å²) < 4.78 is 10.4. The summed E-state index contributed by atoms with van der Waals surface area (Å²) in [6.45, 7) is 1.96. The minimum atomic E-state index is -2.25. The summed E-state index contributed by atoms with van der Waals surface area (Å²) in [5.41, 5.74) is 2.13. The Morgan fingerprint density at radius 3 is 1.58 bits per heavy atom. The van der Waals surface area contributed by atoms with E-state index in [1.165, 1.54) is 48.5 Å². The number of esters is 2. The van der Waals surface area contributed by atoms with Gasteiger partial charge in [0.2, 0.25) is 12.2 Å². The van der Waals surface area contributed by atoms with Crippen LogP contribution in [0.2, 0.25) is 10.0 Å². The van der Waals surface area contributed by atoms with E-state index in [0.29, 0.717) is 11.4 Å². The summed E-state index contributed by atoms with van der Waals surface area (Å²) in [5.74, 6) is -5.10. The average Bonchev–Trinajstić information content (AvgIpc) is 2.99. The standard InChI is InChI=1S/C31H23Cl2N3O7/c1-18-10-12-20(13-11-18)35-36-21-16-14-19(15-17-21)34-28(37)26(42-30(40)22-6-2-4-8-24(22)32)27(29(38)39)43-31(41)23-7-3-5-9-25(23)33/h2-17,26-27H,1H3,(H,34,37)(H,38,39)/t26-,27+/m0/s1. The van der Waals surface area contributed by atoms with Gasteiger partial charge in [-0.05, 0) is 67.6 Å². The molecule has 0 saturated carbocycles. The highest BCUT2D eigenvalue weighted by Crippen LogP contribution is 2.24. The highest BCUT2D eigenvalue weighted by molar-refractivity contribution is 6.34. The van der Waals surface area contributed by atoms with Gasteiger partial charge < -0.3 is 19.9 Å². The van der Waals surface area contributed by atoms with Crippen molar-refractivity contribution in [2.75, 3.05) is 5.32 Å². The lowest BCUT2D eigenvalue weighted by molar-refractivity contribution is -0.157. The molecule has 43 heavy (non-hydrogen) atoms. The van der Waals surface area contributed by atoms with Crippen LogP contribution in [0.25, 0.3) is 0 Å². The lowest BCUT2D eigenvalue weighted by Gasteiger charge is -2.24. The van der Waals surface area contributed by atoms with E-state index in [1.807, 2.05) is 31.2 Å². The number of amides is 1. The van der Waals surface area contributed by atoms with E-state index < -0.39 is 36.0 Å². The molecule has 0 heterocycles. The molecule has 0 aromatic heterocycles. The Hall–Kier alpha value is -5.06. The number of hydrogen-bond donors (Lipinski definition) is 2. The third kappa shape index (κ3) is 8.25. The molecule has 0 aliphatic rings. The normalized spacial score (nSPS) is 12.3. The van der Waals surface area contributed by atoms with E-state index >= 15 is 0 Å². The SMILES string of the molecule is Cc1ccc(N=Nc2ccc(NC(=O)[C@@H](OC(=O)c3ccccc3Cl)[C@@H](OC(=O)c3ccccc3Cl)C(=O)O)cc2)cc1. The molecule has 2 N–H and O–H groups in total. The van der Waals surface area contributed by atoms with Crippen molar-refractivity contribution in [3.05, 3.63) is 124 Å². The highest BCUT2D eigenvalue weighted by atomic mass is 35.5. The van der Waals surface area contributed by atoms with Gasteiger partial charge in [-0.2, -0.15) is 10.2 Å². The highest BCUT2D eigenvalue weighted by Gasteiger charge is 2.41. The van der Waals surface area contributed by atoms with E-state index in [9.17, 15) is 24.3 Å². The number of halogens is 2. The number of benzene rings is 4. The van der Waals surface area contributed by atoms with Crippen LogP contribution in [-0.2, 0) is 19.1 Å². The first kappa shape index (κ1) is 30.9. The van der Waals surface area contributed by atoms with Gasteiger partial charge >= 0.3 is 17.9 Å². The molecule has 0 aliphatic heterocycles. The van der Waals surface area contributed by atoms with Gasteiger partial charge in [0.05, 0.1) is 32.5 Å². The number of carboxylic acid groups (broad SMARTS) is 1. The predicted octanol–water partition coefficient (Wildman–Crippen LogP) is 7.19. The van der Waals surface area contributed by atoms with Crippen LogP contribution in [0.3, 0.4) is 0 Å². The maximum absolute atomic E-state index is 13.4. The molecule has 0 spiro atoms. The zero-order valence-corrected chi connectivity index (χ0v) is 24.0. The van der Waals surface area contributed by atoms with E-state index in [4.69, 9.17) is 32.7 Å². The summed E-state index contributed by atoms with van der Waals surface area (Å²) in [5, 5.41) is 20.7. The number of carbonyl (C=O) groups excluding carboxylic acids is 3. The zero-order valence-electron chi connectivity index (χ0n) is 22.4. The summed E-state index contributed by atoms with van der Waals surface area (Å²) in [6, 6.07) is 25.1. The van der Waals surface area contributed by atoms with Crippen molar-refractivity contribution < 1.29 is 33.8 Å². The van der Waals surface area contributed by atoms with Gasteiger partial charge in [-0.3, -0.25) is 4.79 Å². The molecule has 0 unspecified atom stereocenters. The van der Waals surface area contributed by atoms with Crippen molar-refractivity contribution in [3.63, 3.8) is 0 Å². The molecule has 2 atom stereocenters. The lowest BCUT2D eigenvalue weighted by Crippen LogP contribution is -2.48. The number of hydrogen-bond acceptors (Lipinski definition) is 8. The Kier molecular flexibility index (Phi) is 10.2. The molecule has 1 amide bonds. The Morgan fingerprint density at radius 1 is 0.674 bits per heavy atom. The number of nitrogens with one attached hydrogen (secondary N) is 1. The minimum absolute atomic E-state index is 0.00184. The first-order chi connectivity index (χ1) is 20.6. The summed E-state index contributed by atoms with van der Waals surface area (Å²) >= 11 is 12.1. The van der Waals surface area contributed by atoms with Crippen LogP contribution in [0, 0.1) is 6.92 Å². The van der Waals surface area contributed by atoms with Gasteiger partial charge in [0.1, 0.15) is 0 Å². The van der Waals surface area contributed by atoms with Crippen molar-refractivity contribution in [2.24, 2.45) is 10.2 Å². The molecule has 0 bridgehead atoms. The zero-order chi connectivity index (χ0) is 30.9. The van der Waals surface area contributed by atoms with Gasteiger partial charge in [-0.1, -0.05) is 65.2 Å². The van der Waals surface area contributed by atoms with Gasteiger partial charge in [0.15, 0.2) is 0 Å². The Bertz CT molecular complexity index is 1680. The number of anilines is 1. The van der Waals surface area contributed by atoms with Crippen LogP contribution in [0.1, 0.15) is 26.3 Å². The number of azo groups is 1.